The number of H-pyrrole nitrogens is 1. The van der Waals surface area contributed by atoms with Gasteiger partial charge in [0.2, 0.25) is 0 Å². The zero-order valence-corrected chi connectivity index (χ0v) is 12.6. The molecule has 1 N–H and O–H groups in total. The molecule has 2 heterocycles. The lowest BCUT2D eigenvalue weighted by Gasteiger charge is -2.12. The van der Waals surface area contributed by atoms with Gasteiger partial charge in [-0.2, -0.15) is 0 Å². The summed E-state index contributed by atoms with van der Waals surface area (Å²) in [6.07, 6.45) is 3.44. The molecular weight excluding hydrogens is 286 g/mol. The zero-order chi connectivity index (χ0) is 15.0. The molecule has 21 heavy (non-hydrogen) atoms. The van der Waals surface area contributed by atoms with Crippen molar-refractivity contribution in [1.82, 2.24) is 15.0 Å². The van der Waals surface area contributed by atoms with Gasteiger partial charge in [-0.1, -0.05) is 12.1 Å². The standard InChI is InChI=1S/C15H15N3O2S/c1-10(2)21(19,20)14-6-4-3-5-11(14)15-17-9-13-12(18-15)7-8-16-13/h3-10,16H,1-2H3. The quantitative estimate of drug-likeness (QED) is 0.807. The van der Waals surface area contributed by atoms with E-state index in [4.69, 9.17) is 0 Å². The Morgan fingerprint density at radius 1 is 1.14 bits per heavy atom. The van der Waals surface area contributed by atoms with Gasteiger partial charge in [-0.25, -0.2) is 18.4 Å². The smallest absolute Gasteiger partial charge is 0.181 e. The van der Waals surface area contributed by atoms with Gasteiger partial charge < -0.3 is 4.98 Å². The van der Waals surface area contributed by atoms with E-state index in [2.05, 4.69) is 15.0 Å². The van der Waals surface area contributed by atoms with E-state index in [9.17, 15) is 8.42 Å². The zero-order valence-electron chi connectivity index (χ0n) is 11.7. The molecule has 0 spiro atoms. The third kappa shape index (κ3) is 2.31. The van der Waals surface area contributed by atoms with Crippen molar-refractivity contribution < 1.29 is 8.42 Å². The van der Waals surface area contributed by atoms with Gasteiger partial charge in [0.05, 0.1) is 27.4 Å². The minimum absolute atomic E-state index is 0.273. The lowest BCUT2D eigenvalue weighted by molar-refractivity contribution is 0.587. The van der Waals surface area contributed by atoms with E-state index >= 15 is 0 Å². The van der Waals surface area contributed by atoms with Crippen molar-refractivity contribution in [3.8, 4) is 11.4 Å². The summed E-state index contributed by atoms with van der Waals surface area (Å²) in [5, 5.41) is -0.491. The van der Waals surface area contributed by atoms with Crippen LogP contribution in [0.25, 0.3) is 22.4 Å². The van der Waals surface area contributed by atoms with Crippen molar-refractivity contribution >= 4 is 20.9 Å². The van der Waals surface area contributed by atoms with Crippen LogP contribution in [-0.2, 0) is 9.84 Å². The van der Waals surface area contributed by atoms with Crippen LogP contribution in [0.1, 0.15) is 13.8 Å². The maximum Gasteiger partial charge on any atom is 0.181 e. The number of sulfone groups is 1. The minimum Gasteiger partial charge on any atom is -0.359 e. The highest BCUT2D eigenvalue weighted by atomic mass is 32.2. The van der Waals surface area contributed by atoms with Gasteiger partial charge in [-0.15, -0.1) is 0 Å². The van der Waals surface area contributed by atoms with Gasteiger partial charge in [0.1, 0.15) is 0 Å². The summed E-state index contributed by atoms with van der Waals surface area (Å²) in [5.41, 5.74) is 2.12. The summed E-state index contributed by atoms with van der Waals surface area (Å²) < 4.78 is 25.0. The van der Waals surface area contributed by atoms with Crippen molar-refractivity contribution in [3.63, 3.8) is 0 Å². The summed E-state index contributed by atoms with van der Waals surface area (Å²) in [6, 6.07) is 8.69. The predicted octanol–water partition coefficient (Wildman–Crippen LogP) is 2.81. The molecule has 0 aliphatic heterocycles. The lowest BCUT2D eigenvalue weighted by atomic mass is 10.2. The first kappa shape index (κ1) is 13.8. The first-order valence-electron chi connectivity index (χ1n) is 6.63. The Hall–Kier alpha value is -2.21. The topological polar surface area (TPSA) is 75.7 Å². The molecular formula is C15H15N3O2S. The largest absolute Gasteiger partial charge is 0.359 e. The van der Waals surface area contributed by atoms with E-state index < -0.39 is 15.1 Å². The number of nitrogens with zero attached hydrogens (tertiary/aromatic N) is 2. The van der Waals surface area contributed by atoms with E-state index in [-0.39, 0.29) is 4.90 Å². The Bertz CT molecular complexity index is 898. The maximum absolute atomic E-state index is 12.5. The SMILES string of the molecule is CC(C)S(=O)(=O)c1ccccc1-c1ncc2[nH]ccc2n1. The van der Waals surface area contributed by atoms with Crippen molar-refractivity contribution in [2.75, 3.05) is 0 Å². The van der Waals surface area contributed by atoms with Gasteiger partial charge in [0.25, 0.3) is 0 Å². The van der Waals surface area contributed by atoms with Gasteiger partial charge in [0, 0.05) is 11.8 Å². The average Bonchev–Trinajstić information content (AvgIpc) is 2.94. The van der Waals surface area contributed by atoms with Crippen LogP contribution in [0.4, 0.5) is 0 Å². The van der Waals surface area contributed by atoms with Crippen molar-refractivity contribution in [2.24, 2.45) is 0 Å². The van der Waals surface area contributed by atoms with Gasteiger partial charge in [-0.05, 0) is 32.0 Å². The molecule has 0 radical (unpaired) electrons. The van der Waals surface area contributed by atoms with E-state index in [0.29, 0.717) is 11.4 Å². The molecule has 3 aromatic rings. The predicted molar refractivity (Wildman–Crippen MR) is 81.6 cm³/mol. The normalized spacial score (nSPS) is 12.1. The van der Waals surface area contributed by atoms with Crippen molar-refractivity contribution in [3.05, 3.63) is 42.7 Å². The van der Waals surface area contributed by atoms with Crippen LogP contribution in [0.15, 0.2) is 47.6 Å². The number of aromatic nitrogens is 3. The fourth-order valence-electron chi connectivity index (χ4n) is 2.13. The fourth-order valence-corrected chi connectivity index (χ4v) is 3.37. The molecule has 6 heteroatoms. The molecule has 3 rings (SSSR count). The van der Waals surface area contributed by atoms with E-state index in [1.165, 1.54) is 0 Å². The van der Waals surface area contributed by atoms with Crippen LogP contribution < -0.4 is 0 Å². The van der Waals surface area contributed by atoms with Gasteiger partial charge >= 0.3 is 0 Å². The highest BCUT2D eigenvalue weighted by Gasteiger charge is 2.23. The maximum atomic E-state index is 12.5. The number of fused-ring (bicyclic) bond motifs is 1. The molecule has 0 fully saturated rings. The van der Waals surface area contributed by atoms with Crippen molar-refractivity contribution in [1.29, 1.82) is 0 Å². The molecule has 0 amide bonds. The van der Waals surface area contributed by atoms with Crippen molar-refractivity contribution in [2.45, 2.75) is 24.0 Å². The Morgan fingerprint density at radius 2 is 1.90 bits per heavy atom. The fraction of sp³-hybridized carbons (Fsp3) is 0.200. The highest BCUT2D eigenvalue weighted by Crippen LogP contribution is 2.28. The summed E-state index contributed by atoms with van der Waals surface area (Å²) >= 11 is 0. The Balaban J connectivity index is 2.23. The third-order valence-electron chi connectivity index (χ3n) is 3.35. The molecule has 1 aromatic carbocycles. The molecule has 5 nitrogen and oxygen atoms in total. The second-order valence-corrected chi connectivity index (χ2v) is 7.53. The van der Waals surface area contributed by atoms with Gasteiger partial charge in [0.15, 0.2) is 15.7 Å². The molecule has 0 unspecified atom stereocenters. The van der Waals surface area contributed by atoms with E-state index in [1.54, 1.807) is 50.5 Å². The molecule has 0 aliphatic rings. The minimum atomic E-state index is -3.38. The summed E-state index contributed by atoms with van der Waals surface area (Å²) in [5.74, 6) is 0.418. The molecule has 2 aromatic heterocycles. The van der Waals surface area contributed by atoms with Crippen LogP contribution in [0.3, 0.4) is 0 Å². The second-order valence-electron chi connectivity index (χ2n) is 5.06. The van der Waals surface area contributed by atoms with Crippen LogP contribution >= 0.6 is 0 Å². The Kier molecular flexibility index (Phi) is 3.25. The van der Waals surface area contributed by atoms with Gasteiger partial charge in [-0.3, -0.25) is 0 Å². The number of hydrogen-bond donors (Lipinski definition) is 1. The van der Waals surface area contributed by atoms with Crippen LogP contribution in [0.2, 0.25) is 0 Å². The Labute approximate surface area is 123 Å². The molecule has 0 atom stereocenters. The summed E-state index contributed by atoms with van der Waals surface area (Å²) in [7, 11) is -3.38. The number of rotatable bonds is 3. The van der Waals surface area contributed by atoms with Crippen LogP contribution in [0.5, 0.6) is 0 Å². The molecule has 0 aliphatic carbocycles. The van der Waals surface area contributed by atoms with E-state index in [0.717, 1.165) is 11.0 Å². The number of benzene rings is 1. The first-order chi connectivity index (χ1) is 10.00. The number of nitrogens with one attached hydrogen (secondary N) is 1. The Morgan fingerprint density at radius 3 is 2.67 bits per heavy atom. The van der Waals surface area contributed by atoms with E-state index in [1.807, 2.05) is 6.07 Å². The summed E-state index contributed by atoms with van der Waals surface area (Å²) in [4.78, 5) is 12.0. The summed E-state index contributed by atoms with van der Waals surface area (Å²) in [6.45, 7) is 3.34. The molecule has 0 saturated heterocycles. The third-order valence-corrected chi connectivity index (χ3v) is 5.56. The van der Waals surface area contributed by atoms with Crippen LogP contribution in [0, 0.1) is 0 Å². The first-order valence-corrected chi connectivity index (χ1v) is 8.18. The molecule has 108 valence electrons. The number of aromatic amines is 1. The monoisotopic (exact) mass is 301 g/mol. The lowest BCUT2D eigenvalue weighted by Crippen LogP contribution is -2.15. The molecule has 0 saturated carbocycles. The molecule has 0 bridgehead atoms. The van der Waals surface area contributed by atoms with Crippen LogP contribution in [-0.4, -0.2) is 28.6 Å². The average molecular weight is 301 g/mol. The highest BCUT2D eigenvalue weighted by molar-refractivity contribution is 7.92. The number of hydrogen-bond acceptors (Lipinski definition) is 4. The second kappa shape index (κ2) is 4.96.